The molecule has 0 radical (unpaired) electrons. The molecule has 1 rings (SSSR count). The molecule has 0 bridgehead atoms. The molecular formula is C12H10O5. The molecule has 17 heavy (non-hydrogen) atoms. The van der Waals surface area contributed by atoms with Crippen molar-refractivity contribution in [2.45, 2.75) is 0 Å². The van der Waals surface area contributed by atoms with Crippen LogP contribution in [0.25, 0.3) is 0 Å². The smallest absolute Gasteiger partial charge is 0.384 e. The molecule has 5 heteroatoms. The van der Waals surface area contributed by atoms with Gasteiger partial charge in [0.05, 0.1) is 19.8 Å². The number of carbonyl (C=O) groups excluding carboxylic acids is 2. The van der Waals surface area contributed by atoms with Crippen molar-refractivity contribution in [3.05, 3.63) is 23.3 Å². The fourth-order valence-corrected chi connectivity index (χ4v) is 1.12. The lowest BCUT2D eigenvalue weighted by Gasteiger charge is -2.05. The second-order valence-electron chi connectivity index (χ2n) is 2.98. The minimum Gasteiger partial charge on any atom is -0.503 e. The first-order valence-corrected chi connectivity index (χ1v) is 4.58. The van der Waals surface area contributed by atoms with E-state index in [0.717, 1.165) is 0 Å². The van der Waals surface area contributed by atoms with Crippen molar-refractivity contribution in [2.24, 2.45) is 0 Å². The SMILES string of the molecule is COC(=O)C#Cc1cc(C=O)cc(OC)c1O. The summed E-state index contributed by atoms with van der Waals surface area (Å²) in [6.07, 6.45) is 0.589. The van der Waals surface area contributed by atoms with E-state index in [1.54, 1.807) is 0 Å². The number of rotatable bonds is 2. The second kappa shape index (κ2) is 5.56. The van der Waals surface area contributed by atoms with Crippen LogP contribution in [0.3, 0.4) is 0 Å². The van der Waals surface area contributed by atoms with Crippen LogP contribution in [0, 0.1) is 11.8 Å². The molecule has 0 aliphatic rings. The highest BCUT2D eigenvalue weighted by molar-refractivity contribution is 5.89. The summed E-state index contributed by atoms with van der Waals surface area (Å²) >= 11 is 0. The Morgan fingerprint density at radius 3 is 2.65 bits per heavy atom. The van der Waals surface area contributed by atoms with Crippen LogP contribution >= 0.6 is 0 Å². The van der Waals surface area contributed by atoms with Crippen molar-refractivity contribution in [1.82, 2.24) is 0 Å². The van der Waals surface area contributed by atoms with Gasteiger partial charge in [0.15, 0.2) is 11.5 Å². The molecule has 1 N–H and O–H groups in total. The summed E-state index contributed by atoms with van der Waals surface area (Å²) in [5.74, 6) is 3.70. The van der Waals surface area contributed by atoms with E-state index < -0.39 is 5.97 Å². The van der Waals surface area contributed by atoms with Gasteiger partial charge >= 0.3 is 5.97 Å². The molecule has 0 aromatic heterocycles. The molecule has 0 atom stereocenters. The van der Waals surface area contributed by atoms with Crippen molar-refractivity contribution in [3.63, 3.8) is 0 Å². The van der Waals surface area contributed by atoms with Crippen LogP contribution in [0.5, 0.6) is 11.5 Å². The fourth-order valence-electron chi connectivity index (χ4n) is 1.12. The summed E-state index contributed by atoms with van der Waals surface area (Å²) in [5.41, 5.74) is 0.408. The average Bonchev–Trinajstić information content (AvgIpc) is 2.37. The molecule has 0 spiro atoms. The van der Waals surface area contributed by atoms with E-state index in [9.17, 15) is 14.7 Å². The number of carbonyl (C=O) groups is 2. The molecule has 5 nitrogen and oxygen atoms in total. The standard InChI is InChI=1S/C12H10O5/c1-16-10-6-8(7-13)5-9(12(10)15)3-4-11(14)17-2/h5-7,15H,1-2H3. The lowest BCUT2D eigenvalue weighted by Crippen LogP contribution is -1.95. The maximum Gasteiger partial charge on any atom is 0.384 e. The topological polar surface area (TPSA) is 72.8 Å². The van der Waals surface area contributed by atoms with Gasteiger partial charge in [-0.25, -0.2) is 4.79 Å². The molecule has 0 amide bonds. The average molecular weight is 234 g/mol. The van der Waals surface area contributed by atoms with Gasteiger partial charge in [0, 0.05) is 11.5 Å². The summed E-state index contributed by atoms with van der Waals surface area (Å²) < 4.78 is 9.20. The number of methoxy groups -OCH3 is 2. The largest absolute Gasteiger partial charge is 0.503 e. The van der Waals surface area contributed by atoms with E-state index in [1.807, 2.05) is 0 Å². The van der Waals surface area contributed by atoms with Crippen molar-refractivity contribution in [3.8, 4) is 23.3 Å². The van der Waals surface area contributed by atoms with Crippen molar-refractivity contribution in [1.29, 1.82) is 0 Å². The monoisotopic (exact) mass is 234 g/mol. The number of aromatic hydroxyl groups is 1. The summed E-state index contributed by atoms with van der Waals surface area (Å²) in [6, 6.07) is 2.71. The predicted octanol–water partition coefficient (Wildman–Crippen LogP) is 0.738. The lowest BCUT2D eigenvalue weighted by molar-refractivity contribution is -0.133. The Labute approximate surface area is 98.0 Å². The lowest BCUT2D eigenvalue weighted by atomic mass is 10.1. The third-order valence-electron chi connectivity index (χ3n) is 1.94. The Hall–Kier alpha value is -2.48. The van der Waals surface area contributed by atoms with Crippen molar-refractivity contribution in [2.75, 3.05) is 14.2 Å². The third kappa shape index (κ3) is 2.98. The van der Waals surface area contributed by atoms with Crippen LogP contribution in [0.1, 0.15) is 15.9 Å². The van der Waals surface area contributed by atoms with Gasteiger partial charge in [0.1, 0.15) is 6.29 Å². The summed E-state index contributed by atoms with van der Waals surface area (Å²) in [6.45, 7) is 0. The number of ether oxygens (including phenoxy) is 2. The van der Waals surface area contributed by atoms with E-state index in [-0.39, 0.29) is 22.6 Å². The maximum absolute atomic E-state index is 10.8. The number of benzene rings is 1. The third-order valence-corrected chi connectivity index (χ3v) is 1.94. The van der Waals surface area contributed by atoms with Gasteiger partial charge in [-0.15, -0.1) is 0 Å². The molecular weight excluding hydrogens is 224 g/mol. The zero-order valence-corrected chi connectivity index (χ0v) is 9.31. The van der Waals surface area contributed by atoms with E-state index in [2.05, 4.69) is 16.6 Å². The van der Waals surface area contributed by atoms with E-state index in [1.165, 1.54) is 26.4 Å². The Morgan fingerprint density at radius 2 is 2.12 bits per heavy atom. The zero-order chi connectivity index (χ0) is 12.8. The molecule has 0 saturated carbocycles. The van der Waals surface area contributed by atoms with Crippen LogP contribution in [-0.4, -0.2) is 31.6 Å². The van der Waals surface area contributed by atoms with Crippen LogP contribution < -0.4 is 4.74 Å². The van der Waals surface area contributed by atoms with Gasteiger partial charge in [-0.2, -0.15) is 0 Å². The first-order valence-electron chi connectivity index (χ1n) is 4.58. The summed E-state index contributed by atoms with van der Waals surface area (Å²) in [5, 5.41) is 9.70. The first-order chi connectivity index (χ1) is 8.12. The fraction of sp³-hybridized carbons (Fsp3) is 0.167. The van der Waals surface area contributed by atoms with E-state index in [0.29, 0.717) is 6.29 Å². The van der Waals surface area contributed by atoms with E-state index in [4.69, 9.17) is 4.74 Å². The summed E-state index contributed by atoms with van der Waals surface area (Å²) in [7, 11) is 2.54. The van der Waals surface area contributed by atoms with E-state index >= 15 is 0 Å². The molecule has 0 fully saturated rings. The Morgan fingerprint density at radius 1 is 1.41 bits per heavy atom. The maximum atomic E-state index is 10.8. The molecule has 0 heterocycles. The molecule has 0 saturated heterocycles. The Balaban J connectivity index is 3.25. The highest BCUT2D eigenvalue weighted by Crippen LogP contribution is 2.30. The molecule has 0 aliphatic heterocycles. The van der Waals surface area contributed by atoms with Crippen LogP contribution in [0.15, 0.2) is 12.1 Å². The number of hydrogen-bond acceptors (Lipinski definition) is 5. The van der Waals surface area contributed by atoms with Crippen LogP contribution in [0.2, 0.25) is 0 Å². The Bertz CT molecular complexity index is 508. The molecule has 88 valence electrons. The van der Waals surface area contributed by atoms with Crippen LogP contribution in [0.4, 0.5) is 0 Å². The van der Waals surface area contributed by atoms with Gasteiger partial charge in [-0.1, -0.05) is 5.92 Å². The van der Waals surface area contributed by atoms with Gasteiger partial charge in [0.2, 0.25) is 0 Å². The Kier molecular flexibility index (Phi) is 4.12. The van der Waals surface area contributed by atoms with Gasteiger partial charge in [-0.3, -0.25) is 4.79 Å². The summed E-state index contributed by atoms with van der Waals surface area (Å²) in [4.78, 5) is 21.5. The van der Waals surface area contributed by atoms with Crippen molar-refractivity contribution >= 4 is 12.3 Å². The second-order valence-corrected chi connectivity index (χ2v) is 2.98. The first kappa shape index (κ1) is 12.6. The molecule has 0 unspecified atom stereocenters. The number of hydrogen-bond donors (Lipinski definition) is 1. The number of aldehydes is 1. The number of esters is 1. The minimum absolute atomic E-state index is 0.115. The highest BCUT2D eigenvalue weighted by atomic mass is 16.5. The minimum atomic E-state index is -0.736. The molecule has 1 aromatic carbocycles. The quantitative estimate of drug-likeness (QED) is 0.464. The zero-order valence-electron chi connectivity index (χ0n) is 9.31. The normalized spacial score (nSPS) is 8.82. The highest BCUT2D eigenvalue weighted by Gasteiger charge is 2.08. The molecule has 0 aliphatic carbocycles. The van der Waals surface area contributed by atoms with Gasteiger partial charge in [-0.05, 0) is 12.1 Å². The van der Waals surface area contributed by atoms with Gasteiger partial charge in [0.25, 0.3) is 0 Å². The predicted molar refractivity (Wildman–Crippen MR) is 58.9 cm³/mol. The van der Waals surface area contributed by atoms with Crippen LogP contribution in [-0.2, 0) is 9.53 Å². The number of phenols is 1. The number of phenolic OH excluding ortho intramolecular Hbond substituents is 1. The van der Waals surface area contributed by atoms with Crippen molar-refractivity contribution < 1.29 is 24.2 Å². The van der Waals surface area contributed by atoms with Gasteiger partial charge < -0.3 is 14.6 Å². The molecule has 1 aromatic rings.